The molecule has 7 heteroatoms. The highest BCUT2D eigenvalue weighted by Gasteiger charge is 2.10. The lowest BCUT2D eigenvalue weighted by Crippen LogP contribution is -2.42. The Morgan fingerprint density at radius 1 is 0.750 bits per heavy atom. The van der Waals surface area contributed by atoms with Gasteiger partial charge in [-0.3, -0.25) is 14.4 Å². The summed E-state index contributed by atoms with van der Waals surface area (Å²) >= 11 is 0. The van der Waals surface area contributed by atoms with Crippen LogP contribution >= 0.6 is 0 Å². The van der Waals surface area contributed by atoms with Crippen LogP contribution in [0.1, 0.15) is 11.3 Å². The number of carbonyl (C=O) groups excluding carboxylic acids is 3. The monoisotopic (exact) mass is 379 g/mol. The zero-order valence-electron chi connectivity index (χ0n) is 15.2. The maximum absolute atomic E-state index is 12.2. The van der Waals surface area contributed by atoms with E-state index in [-0.39, 0.29) is 37.9 Å². The normalized spacial score (nSPS) is 10.4. The van der Waals surface area contributed by atoms with E-state index in [0.29, 0.717) is 5.76 Å². The number of hydrogen-bond acceptors (Lipinski definition) is 4. The first kappa shape index (κ1) is 19.2. The number of carbonyl (C=O) groups is 3. The fourth-order valence-electron chi connectivity index (χ4n) is 2.76. The number of furan rings is 1. The summed E-state index contributed by atoms with van der Waals surface area (Å²) in [5.41, 5.74) is 0.897. The molecule has 0 bridgehead atoms. The summed E-state index contributed by atoms with van der Waals surface area (Å²) in [6.07, 6.45) is 1.70. The van der Waals surface area contributed by atoms with Crippen molar-refractivity contribution in [3.63, 3.8) is 0 Å². The summed E-state index contributed by atoms with van der Waals surface area (Å²) in [6.45, 7) is -0.0999. The van der Waals surface area contributed by atoms with Gasteiger partial charge in [0.1, 0.15) is 5.76 Å². The Kier molecular flexibility index (Phi) is 6.41. The van der Waals surface area contributed by atoms with Crippen LogP contribution < -0.4 is 16.0 Å². The molecule has 0 aliphatic rings. The van der Waals surface area contributed by atoms with Gasteiger partial charge in [0.2, 0.25) is 17.7 Å². The van der Waals surface area contributed by atoms with Gasteiger partial charge in [-0.25, -0.2) is 0 Å². The van der Waals surface area contributed by atoms with Gasteiger partial charge in [-0.2, -0.15) is 0 Å². The Balaban J connectivity index is 1.39. The van der Waals surface area contributed by atoms with Gasteiger partial charge in [-0.1, -0.05) is 42.5 Å². The molecule has 0 saturated carbocycles. The summed E-state index contributed by atoms with van der Waals surface area (Å²) in [4.78, 5) is 35.7. The van der Waals surface area contributed by atoms with Crippen LogP contribution in [0.4, 0.5) is 0 Å². The van der Waals surface area contributed by atoms with E-state index in [0.717, 1.165) is 16.3 Å². The summed E-state index contributed by atoms with van der Waals surface area (Å²) in [7, 11) is 0. The van der Waals surface area contributed by atoms with Gasteiger partial charge in [0.15, 0.2) is 0 Å². The number of benzene rings is 2. The number of nitrogens with one attached hydrogen (secondary N) is 3. The average molecular weight is 379 g/mol. The predicted octanol–water partition coefficient (Wildman–Crippen LogP) is 1.52. The van der Waals surface area contributed by atoms with E-state index in [1.54, 1.807) is 12.1 Å². The molecule has 3 amide bonds. The van der Waals surface area contributed by atoms with Gasteiger partial charge in [0.05, 0.1) is 32.3 Å². The molecule has 0 unspecified atom stereocenters. The zero-order valence-corrected chi connectivity index (χ0v) is 15.2. The highest BCUT2D eigenvalue weighted by Crippen LogP contribution is 2.18. The van der Waals surface area contributed by atoms with E-state index in [1.807, 2.05) is 42.5 Å². The molecule has 1 heterocycles. The highest BCUT2D eigenvalue weighted by molar-refractivity contribution is 5.92. The maximum Gasteiger partial charge on any atom is 0.239 e. The molecule has 0 saturated heterocycles. The van der Waals surface area contributed by atoms with Gasteiger partial charge >= 0.3 is 0 Å². The van der Waals surface area contributed by atoms with Crippen LogP contribution in [-0.4, -0.2) is 30.8 Å². The first-order valence-electron chi connectivity index (χ1n) is 8.91. The van der Waals surface area contributed by atoms with Crippen molar-refractivity contribution in [2.75, 3.05) is 13.1 Å². The molecule has 28 heavy (non-hydrogen) atoms. The van der Waals surface area contributed by atoms with Gasteiger partial charge in [0.25, 0.3) is 0 Å². The molecule has 144 valence electrons. The molecule has 0 aliphatic heterocycles. The molecule has 0 fully saturated rings. The summed E-state index contributed by atoms with van der Waals surface area (Å²) in [5.74, 6) is -0.402. The molecule has 3 aromatic rings. The van der Waals surface area contributed by atoms with Crippen molar-refractivity contribution < 1.29 is 18.8 Å². The topological polar surface area (TPSA) is 100 Å². The number of amides is 3. The molecular formula is C21H21N3O4. The average Bonchev–Trinajstić information content (AvgIpc) is 3.23. The summed E-state index contributed by atoms with van der Waals surface area (Å²) in [6, 6.07) is 17.1. The van der Waals surface area contributed by atoms with Gasteiger partial charge in [-0.15, -0.1) is 0 Å². The Morgan fingerprint density at radius 3 is 2.25 bits per heavy atom. The van der Waals surface area contributed by atoms with E-state index < -0.39 is 5.91 Å². The largest absolute Gasteiger partial charge is 0.467 e. The van der Waals surface area contributed by atoms with E-state index in [4.69, 9.17) is 4.42 Å². The molecule has 0 atom stereocenters. The van der Waals surface area contributed by atoms with Crippen LogP contribution in [0.5, 0.6) is 0 Å². The second kappa shape index (κ2) is 9.36. The van der Waals surface area contributed by atoms with Crippen LogP contribution in [0.15, 0.2) is 65.3 Å². The van der Waals surface area contributed by atoms with Gasteiger partial charge in [-0.05, 0) is 28.5 Å². The third kappa shape index (κ3) is 5.44. The first-order valence-corrected chi connectivity index (χ1v) is 8.91. The summed E-state index contributed by atoms with van der Waals surface area (Å²) < 4.78 is 5.10. The van der Waals surface area contributed by atoms with Crippen molar-refractivity contribution in [2.24, 2.45) is 0 Å². The fourth-order valence-corrected chi connectivity index (χ4v) is 2.76. The Morgan fingerprint density at radius 2 is 1.46 bits per heavy atom. The van der Waals surface area contributed by atoms with Crippen molar-refractivity contribution in [1.82, 2.24) is 16.0 Å². The van der Waals surface area contributed by atoms with Crippen LogP contribution in [0, 0.1) is 0 Å². The van der Waals surface area contributed by atoms with Crippen molar-refractivity contribution in [1.29, 1.82) is 0 Å². The van der Waals surface area contributed by atoms with Crippen molar-refractivity contribution >= 4 is 28.5 Å². The van der Waals surface area contributed by atoms with Crippen molar-refractivity contribution in [3.8, 4) is 0 Å². The fraction of sp³-hybridized carbons (Fsp3) is 0.190. The minimum absolute atomic E-state index is 0.168. The standard InChI is InChI=1S/C21H21N3O4/c25-19(11-16-7-3-6-15-5-1-2-9-18(15)16)23-13-21(27)24-14-20(26)22-12-17-8-4-10-28-17/h1-10H,11-14H2,(H,22,26)(H,23,25)(H,24,27). The Hall–Kier alpha value is -3.61. The van der Waals surface area contributed by atoms with E-state index in [9.17, 15) is 14.4 Å². The predicted molar refractivity (Wildman–Crippen MR) is 104 cm³/mol. The SMILES string of the molecule is O=C(CNC(=O)Cc1cccc2ccccc12)NCC(=O)NCc1ccco1. The van der Waals surface area contributed by atoms with Crippen LogP contribution in [0.2, 0.25) is 0 Å². The van der Waals surface area contributed by atoms with Crippen LogP contribution in [0.3, 0.4) is 0 Å². The molecule has 7 nitrogen and oxygen atoms in total. The third-order valence-corrected chi connectivity index (χ3v) is 4.16. The maximum atomic E-state index is 12.2. The molecule has 3 N–H and O–H groups in total. The number of rotatable bonds is 8. The smallest absolute Gasteiger partial charge is 0.239 e. The lowest BCUT2D eigenvalue weighted by Gasteiger charge is -2.09. The second-order valence-electron chi connectivity index (χ2n) is 6.22. The van der Waals surface area contributed by atoms with E-state index in [1.165, 1.54) is 6.26 Å². The van der Waals surface area contributed by atoms with Crippen molar-refractivity contribution in [2.45, 2.75) is 13.0 Å². The van der Waals surface area contributed by atoms with Crippen LogP contribution in [0.25, 0.3) is 10.8 Å². The third-order valence-electron chi connectivity index (χ3n) is 4.16. The zero-order chi connectivity index (χ0) is 19.8. The molecule has 3 rings (SSSR count). The quantitative estimate of drug-likeness (QED) is 0.552. The van der Waals surface area contributed by atoms with Gasteiger partial charge in [0, 0.05) is 0 Å². The number of hydrogen-bond donors (Lipinski definition) is 3. The molecule has 0 radical (unpaired) electrons. The summed E-state index contributed by atoms with van der Waals surface area (Å²) in [5, 5.41) is 9.73. The van der Waals surface area contributed by atoms with Crippen molar-refractivity contribution in [3.05, 3.63) is 72.2 Å². The Labute approximate surface area is 162 Å². The second-order valence-corrected chi connectivity index (χ2v) is 6.22. The van der Waals surface area contributed by atoms with Gasteiger partial charge < -0.3 is 20.4 Å². The van der Waals surface area contributed by atoms with E-state index in [2.05, 4.69) is 16.0 Å². The Bertz CT molecular complexity index is 961. The molecule has 1 aromatic heterocycles. The lowest BCUT2D eigenvalue weighted by atomic mass is 10.0. The lowest BCUT2D eigenvalue weighted by molar-refractivity contribution is -0.127. The first-order chi connectivity index (χ1) is 13.6. The van der Waals surface area contributed by atoms with Crippen LogP contribution in [-0.2, 0) is 27.3 Å². The molecule has 0 aliphatic carbocycles. The molecule has 2 aromatic carbocycles. The minimum atomic E-state index is -0.431. The minimum Gasteiger partial charge on any atom is -0.467 e. The molecular weight excluding hydrogens is 358 g/mol. The molecule has 0 spiro atoms. The van der Waals surface area contributed by atoms with E-state index >= 15 is 0 Å². The number of fused-ring (bicyclic) bond motifs is 1. The highest BCUT2D eigenvalue weighted by atomic mass is 16.3.